The number of likely N-dealkylation sites (N-methyl/N-ethyl adjacent to an activating group) is 1. The smallest absolute Gasteiger partial charge is 0.224 e. The van der Waals surface area contributed by atoms with Crippen molar-refractivity contribution in [1.29, 1.82) is 0 Å². The maximum absolute atomic E-state index is 12.6. The maximum atomic E-state index is 12.6. The number of rotatable bonds is 5. The van der Waals surface area contributed by atoms with Gasteiger partial charge in [-0.2, -0.15) is 0 Å². The molecular weight excluding hydrogens is 260 g/mol. The zero-order chi connectivity index (χ0) is 15.8. The standard InChI is InChI=1S/C18H32N2O/c1-13(2)11-14-15(17(14,3)4)16(21)19-12-18(20(5)6)9-7-8-10-18/h11,14-15H,7-10,12H2,1-6H3,(H,19,21). The molecule has 0 bridgehead atoms. The minimum Gasteiger partial charge on any atom is -0.354 e. The van der Waals surface area contributed by atoms with E-state index < -0.39 is 0 Å². The van der Waals surface area contributed by atoms with Crippen molar-refractivity contribution in [2.45, 2.75) is 58.9 Å². The molecule has 2 aliphatic rings. The van der Waals surface area contributed by atoms with Crippen LogP contribution in [0.5, 0.6) is 0 Å². The van der Waals surface area contributed by atoms with E-state index in [2.05, 4.69) is 58.1 Å². The first-order chi connectivity index (χ1) is 9.70. The molecule has 3 nitrogen and oxygen atoms in total. The minimum absolute atomic E-state index is 0.113. The molecule has 21 heavy (non-hydrogen) atoms. The third-order valence-electron chi connectivity index (χ3n) is 5.78. The normalized spacial score (nSPS) is 29.3. The van der Waals surface area contributed by atoms with Crippen LogP contribution < -0.4 is 5.32 Å². The van der Waals surface area contributed by atoms with Gasteiger partial charge in [0.1, 0.15) is 0 Å². The molecule has 0 aromatic heterocycles. The summed E-state index contributed by atoms with van der Waals surface area (Å²) in [6.07, 6.45) is 7.23. The number of allylic oxidation sites excluding steroid dienone is 2. The molecule has 0 spiro atoms. The number of amides is 1. The summed E-state index contributed by atoms with van der Waals surface area (Å²) in [5, 5.41) is 3.26. The Hall–Kier alpha value is -0.830. The molecule has 0 aromatic carbocycles. The Morgan fingerprint density at radius 3 is 2.29 bits per heavy atom. The van der Waals surface area contributed by atoms with Gasteiger partial charge in [-0.1, -0.05) is 38.3 Å². The van der Waals surface area contributed by atoms with Gasteiger partial charge in [0.15, 0.2) is 0 Å². The number of carbonyl (C=O) groups is 1. The van der Waals surface area contributed by atoms with E-state index in [0.29, 0.717) is 5.92 Å². The first-order valence-electron chi connectivity index (χ1n) is 8.31. The van der Waals surface area contributed by atoms with Crippen molar-refractivity contribution in [3.05, 3.63) is 11.6 Å². The molecule has 2 atom stereocenters. The molecule has 0 saturated heterocycles. The van der Waals surface area contributed by atoms with Crippen LogP contribution in [0.25, 0.3) is 0 Å². The highest BCUT2D eigenvalue weighted by atomic mass is 16.2. The van der Waals surface area contributed by atoms with Crippen LogP contribution in [0.2, 0.25) is 0 Å². The van der Waals surface area contributed by atoms with Gasteiger partial charge < -0.3 is 10.2 Å². The molecule has 1 amide bonds. The van der Waals surface area contributed by atoms with E-state index in [4.69, 9.17) is 0 Å². The van der Waals surface area contributed by atoms with Crippen LogP contribution in [0.1, 0.15) is 53.4 Å². The topological polar surface area (TPSA) is 32.3 Å². The predicted octanol–water partition coefficient (Wildman–Crippen LogP) is 3.22. The van der Waals surface area contributed by atoms with E-state index in [-0.39, 0.29) is 22.8 Å². The van der Waals surface area contributed by atoms with Gasteiger partial charge in [-0.15, -0.1) is 0 Å². The van der Waals surface area contributed by atoms with Crippen molar-refractivity contribution in [2.75, 3.05) is 20.6 Å². The predicted molar refractivity (Wildman–Crippen MR) is 88.1 cm³/mol. The van der Waals surface area contributed by atoms with E-state index in [0.717, 1.165) is 6.54 Å². The van der Waals surface area contributed by atoms with Crippen LogP contribution in [0.3, 0.4) is 0 Å². The molecule has 2 aliphatic carbocycles. The van der Waals surface area contributed by atoms with Gasteiger partial charge in [-0.25, -0.2) is 0 Å². The van der Waals surface area contributed by atoms with Gasteiger partial charge in [-0.3, -0.25) is 4.79 Å². The molecule has 0 aliphatic heterocycles. The number of carbonyl (C=O) groups excluding carboxylic acids is 1. The average Bonchev–Trinajstić information content (AvgIpc) is 2.79. The van der Waals surface area contributed by atoms with Crippen molar-refractivity contribution < 1.29 is 4.79 Å². The maximum Gasteiger partial charge on any atom is 0.224 e. The fraction of sp³-hybridized carbons (Fsp3) is 0.833. The zero-order valence-electron chi connectivity index (χ0n) is 14.6. The van der Waals surface area contributed by atoms with Gasteiger partial charge in [-0.05, 0) is 52.1 Å². The molecule has 2 rings (SSSR count). The lowest BCUT2D eigenvalue weighted by molar-refractivity contribution is -0.123. The van der Waals surface area contributed by atoms with Crippen molar-refractivity contribution in [2.24, 2.45) is 17.3 Å². The number of hydrogen-bond donors (Lipinski definition) is 1. The summed E-state index contributed by atoms with van der Waals surface area (Å²) in [5.74, 6) is 0.796. The summed E-state index contributed by atoms with van der Waals surface area (Å²) < 4.78 is 0. The van der Waals surface area contributed by atoms with Crippen molar-refractivity contribution >= 4 is 5.91 Å². The third kappa shape index (κ3) is 3.18. The second kappa shape index (κ2) is 5.75. The summed E-state index contributed by atoms with van der Waals surface area (Å²) >= 11 is 0. The molecule has 2 fully saturated rings. The lowest BCUT2D eigenvalue weighted by Crippen LogP contribution is -2.51. The second-order valence-corrected chi connectivity index (χ2v) is 8.11. The summed E-state index contributed by atoms with van der Waals surface area (Å²) in [6.45, 7) is 9.44. The lowest BCUT2D eigenvalue weighted by atomic mass is 9.96. The molecule has 0 radical (unpaired) electrons. The SMILES string of the molecule is CC(C)=CC1C(C(=O)NCC2(N(C)C)CCCC2)C1(C)C. The van der Waals surface area contributed by atoms with Gasteiger partial charge >= 0.3 is 0 Å². The Kier molecular flexibility index (Phi) is 4.53. The summed E-state index contributed by atoms with van der Waals surface area (Å²) in [5.41, 5.74) is 1.60. The zero-order valence-corrected chi connectivity index (χ0v) is 14.6. The largest absolute Gasteiger partial charge is 0.354 e. The highest BCUT2D eigenvalue weighted by Crippen LogP contribution is 2.59. The fourth-order valence-electron chi connectivity index (χ4n) is 4.03. The summed E-state index contributed by atoms with van der Waals surface area (Å²) in [6, 6.07) is 0. The van der Waals surface area contributed by atoms with E-state index in [1.165, 1.54) is 31.3 Å². The van der Waals surface area contributed by atoms with Gasteiger partial charge in [0.2, 0.25) is 5.91 Å². The molecule has 2 saturated carbocycles. The quantitative estimate of drug-likeness (QED) is 0.789. The van der Waals surface area contributed by atoms with E-state index in [1.54, 1.807) is 0 Å². The first-order valence-corrected chi connectivity index (χ1v) is 8.31. The monoisotopic (exact) mass is 292 g/mol. The van der Waals surface area contributed by atoms with Crippen LogP contribution in [-0.2, 0) is 4.79 Å². The lowest BCUT2D eigenvalue weighted by Gasteiger charge is -2.36. The van der Waals surface area contributed by atoms with Crippen LogP contribution in [-0.4, -0.2) is 37.0 Å². The molecule has 1 N–H and O–H groups in total. The number of nitrogens with one attached hydrogen (secondary N) is 1. The Labute approximate surface area is 130 Å². The highest BCUT2D eigenvalue weighted by molar-refractivity contribution is 5.83. The van der Waals surface area contributed by atoms with Crippen LogP contribution in [0.4, 0.5) is 0 Å². The number of hydrogen-bond acceptors (Lipinski definition) is 2. The molecule has 0 heterocycles. The third-order valence-corrected chi connectivity index (χ3v) is 5.78. The van der Waals surface area contributed by atoms with Crippen LogP contribution >= 0.6 is 0 Å². The van der Waals surface area contributed by atoms with Crippen molar-refractivity contribution in [1.82, 2.24) is 10.2 Å². The van der Waals surface area contributed by atoms with Crippen LogP contribution in [0.15, 0.2) is 11.6 Å². The van der Waals surface area contributed by atoms with Gasteiger partial charge in [0.25, 0.3) is 0 Å². The Balaban J connectivity index is 1.95. The molecule has 120 valence electrons. The fourth-order valence-corrected chi connectivity index (χ4v) is 4.03. The average molecular weight is 292 g/mol. The number of nitrogens with zero attached hydrogens (tertiary/aromatic N) is 1. The first kappa shape index (κ1) is 16.5. The minimum atomic E-state index is 0.113. The van der Waals surface area contributed by atoms with Gasteiger partial charge in [0.05, 0.1) is 5.92 Å². The Morgan fingerprint density at radius 2 is 1.81 bits per heavy atom. The van der Waals surface area contributed by atoms with E-state index >= 15 is 0 Å². The molecule has 0 aromatic rings. The van der Waals surface area contributed by atoms with E-state index in [1.807, 2.05) is 0 Å². The summed E-state index contributed by atoms with van der Waals surface area (Å²) in [7, 11) is 4.29. The van der Waals surface area contributed by atoms with E-state index in [9.17, 15) is 4.79 Å². The summed E-state index contributed by atoms with van der Waals surface area (Å²) in [4.78, 5) is 14.9. The second-order valence-electron chi connectivity index (χ2n) is 8.11. The van der Waals surface area contributed by atoms with Crippen molar-refractivity contribution in [3.63, 3.8) is 0 Å². The van der Waals surface area contributed by atoms with Crippen molar-refractivity contribution in [3.8, 4) is 0 Å². The Bertz CT molecular complexity index is 426. The molecular formula is C18H32N2O. The molecule has 3 heteroatoms. The van der Waals surface area contributed by atoms with Gasteiger partial charge in [0, 0.05) is 12.1 Å². The Morgan fingerprint density at radius 1 is 1.24 bits per heavy atom. The van der Waals surface area contributed by atoms with Crippen LogP contribution in [0, 0.1) is 17.3 Å². The highest BCUT2D eigenvalue weighted by Gasteiger charge is 2.60. The molecule has 2 unspecified atom stereocenters.